The molecule has 1 N–H and O–H groups in total. The van der Waals surface area contributed by atoms with Gasteiger partial charge in [-0.1, -0.05) is 13.8 Å². The van der Waals surface area contributed by atoms with E-state index in [1.165, 1.54) is 11.3 Å². The van der Waals surface area contributed by atoms with Crippen LogP contribution < -0.4 is 5.32 Å². The molecule has 1 aromatic heterocycles. The van der Waals surface area contributed by atoms with Crippen molar-refractivity contribution < 1.29 is 14.3 Å². The second-order valence-corrected chi connectivity index (χ2v) is 5.43. The first-order valence-corrected chi connectivity index (χ1v) is 7.30. The van der Waals surface area contributed by atoms with E-state index in [-0.39, 0.29) is 18.4 Å². The molecule has 19 heavy (non-hydrogen) atoms. The van der Waals surface area contributed by atoms with E-state index in [2.05, 4.69) is 24.1 Å². The molecule has 0 aliphatic heterocycles. The fourth-order valence-corrected chi connectivity index (χ4v) is 2.33. The molecular weight excluding hydrogens is 264 g/mol. The average molecular weight is 286 g/mol. The van der Waals surface area contributed by atoms with E-state index < -0.39 is 0 Å². The van der Waals surface area contributed by atoms with Crippen LogP contribution in [0.15, 0.2) is 5.38 Å². The van der Waals surface area contributed by atoms with Crippen molar-refractivity contribution in [2.24, 2.45) is 5.92 Å². The van der Waals surface area contributed by atoms with Crippen LogP contribution in [0.3, 0.4) is 0 Å². The van der Waals surface area contributed by atoms with E-state index in [1.807, 2.05) is 5.38 Å². The number of anilines is 1. The molecule has 0 fully saturated rings. The van der Waals surface area contributed by atoms with Crippen LogP contribution in [0.25, 0.3) is 0 Å². The van der Waals surface area contributed by atoms with Crippen molar-refractivity contribution in [3.05, 3.63) is 11.1 Å². The van der Waals surface area contributed by atoms with Gasteiger partial charge in [-0.25, -0.2) is 4.98 Å². The van der Waals surface area contributed by atoms with Gasteiger partial charge in [0.15, 0.2) is 5.13 Å². The van der Waals surface area contributed by atoms with Gasteiger partial charge >= 0.3 is 5.97 Å². The Morgan fingerprint density at radius 2 is 2.26 bits per heavy atom. The average Bonchev–Trinajstić information content (AvgIpc) is 2.76. The molecule has 1 heterocycles. The lowest BCUT2D eigenvalue weighted by Gasteiger charge is -2.20. The zero-order valence-corrected chi connectivity index (χ0v) is 12.8. The molecule has 0 aliphatic carbocycles. The predicted octanol–water partition coefficient (Wildman–Crippen LogP) is 2.33. The van der Waals surface area contributed by atoms with Crippen LogP contribution in [0.5, 0.6) is 0 Å². The lowest BCUT2D eigenvalue weighted by molar-refractivity contribution is -0.142. The maximum atomic E-state index is 11.4. The standard InChI is InChI=1S/C13H22N2O3S/c1-5-18-12(16)6-10-8-19-13(14-10)15-11(7-17-4)9(2)3/h8-9,11H,5-7H2,1-4H3,(H,14,15). The van der Waals surface area contributed by atoms with Gasteiger partial charge in [-0.2, -0.15) is 0 Å². The van der Waals surface area contributed by atoms with Crippen molar-refractivity contribution in [2.75, 3.05) is 25.6 Å². The maximum absolute atomic E-state index is 11.4. The summed E-state index contributed by atoms with van der Waals surface area (Å²) in [7, 11) is 1.69. The van der Waals surface area contributed by atoms with Crippen LogP contribution in [0.1, 0.15) is 26.5 Å². The lowest BCUT2D eigenvalue weighted by Crippen LogP contribution is -2.30. The molecule has 0 aliphatic rings. The van der Waals surface area contributed by atoms with Gasteiger partial charge < -0.3 is 14.8 Å². The molecule has 0 bridgehead atoms. The molecule has 108 valence electrons. The highest BCUT2D eigenvalue weighted by Crippen LogP contribution is 2.19. The molecule has 6 heteroatoms. The first-order valence-electron chi connectivity index (χ1n) is 6.42. The number of carbonyl (C=O) groups excluding carboxylic acids is 1. The van der Waals surface area contributed by atoms with E-state index in [1.54, 1.807) is 14.0 Å². The first-order chi connectivity index (χ1) is 9.06. The fourth-order valence-electron chi connectivity index (χ4n) is 1.55. The summed E-state index contributed by atoms with van der Waals surface area (Å²) in [6.45, 7) is 7.08. The molecule has 0 aromatic carbocycles. The van der Waals surface area contributed by atoms with Crippen molar-refractivity contribution >= 4 is 22.4 Å². The summed E-state index contributed by atoms with van der Waals surface area (Å²) < 4.78 is 10.1. The summed E-state index contributed by atoms with van der Waals surface area (Å²) >= 11 is 1.50. The number of methoxy groups -OCH3 is 1. The van der Waals surface area contributed by atoms with E-state index >= 15 is 0 Å². The van der Waals surface area contributed by atoms with Gasteiger partial charge in [-0.3, -0.25) is 4.79 Å². The topological polar surface area (TPSA) is 60.5 Å². The maximum Gasteiger partial charge on any atom is 0.311 e. The summed E-state index contributed by atoms with van der Waals surface area (Å²) in [5.41, 5.74) is 0.742. The highest BCUT2D eigenvalue weighted by atomic mass is 32.1. The number of nitrogens with zero attached hydrogens (tertiary/aromatic N) is 1. The van der Waals surface area contributed by atoms with Gasteiger partial charge in [0.25, 0.3) is 0 Å². The third kappa shape index (κ3) is 5.57. The fraction of sp³-hybridized carbons (Fsp3) is 0.692. The summed E-state index contributed by atoms with van der Waals surface area (Å²) in [4.78, 5) is 15.7. The predicted molar refractivity (Wildman–Crippen MR) is 76.6 cm³/mol. The third-order valence-electron chi connectivity index (χ3n) is 2.64. The second-order valence-electron chi connectivity index (χ2n) is 4.58. The van der Waals surface area contributed by atoms with E-state index in [0.717, 1.165) is 10.8 Å². The van der Waals surface area contributed by atoms with Gasteiger partial charge in [0.05, 0.1) is 31.4 Å². The molecule has 0 saturated heterocycles. The van der Waals surface area contributed by atoms with E-state index in [0.29, 0.717) is 19.1 Å². The molecule has 0 radical (unpaired) electrons. The number of hydrogen-bond acceptors (Lipinski definition) is 6. The number of carbonyl (C=O) groups is 1. The Bertz CT molecular complexity index is 393. The number of rotatable bonds is 8. The Kier molecular flexibility index (Phi) is 6.80. The number of esters is 1. The zero-order valence-electron chi connectivity index (χ0n) is 11.9. The SMILES string of the molecule is CCOC(=O)Cc1csc(NC(COC)C(C)C)n1. The minimum atomic E-state index is -0.239. The molecule has 1 aromatic rings. The summed E-state index contributed by atoms with van der Waals surface area (Å²) in [5.74, 6) is 0.203. The normalized spacial score (nSPS) is 12.5. The smallest absolute Gasteiger partial charge is 0.311 e. The van der Waals surface area contributed by atoms with Crippen molar-refractivity contribution in [3.8, 4) is 0 Å². The summed E-state index contributed by atoms with van der Waals surface area (Å²) in [6.07, 6.45) is 0.225. The Hall–Kier alpha value is -1.14. The van der Waals surface area contributed by atoms with Gasteiger partial charge in [-0.15, -0.1) is 11.3 Å². The van der Waals surface area contributed by atoms with E-state index in [4.69, 9.17) is 9.47 Å². The number of hydrogen-bond donors (Lipinski definition) is 1. The van der Waals surface area contributed by atoms with Crippen LogP contribution >= 0.6 is 11.3 Å². The Morgan fingerprint density at radius 1 is 1.53 bits per heavy atom. The summed E-state index contributed by atoms with van der Waals surface area (Å²) in [5, 5.41) is 6.03. The molecule has 1 rings (SSSR count). The van der Waals surface area contributed by atoms with Crippen molar-refractivity contribution in [1.82, 2.24) is 4.98 Å². The van der Waals surface area contributed by atoms with Crippen molar-refractivity contribution in [2.45, 2.75) is 33.2 Å². The molecule has 0 saturated carbocycles. The van der Waals surface area contributed by atoms with Crippen LogP contribution in [-0.2, 0) is 20.7 Å². The largest absolute Gasteiger partial charge is 0.466 e. The second kappa shape index (κ2) is 8.12. The highest BCUT2D eigenvalue weighted by Gasteiger charge is 2.15. The van der Waals surface area contributed by atoms with Gasteiger partial charge in [0.2, 0.25) is 0 Å². The van der Waals surface area contributed by atoms with Crippen LogP contribution in [0.2, 0.25) is 0 Å². The quantitative estimate of drug-likeness (QED) is 0.743. The lowest BCUT2D eigenvalue weighted by atomic mass is 10.1. The Balaban J connectivity index is 2.56. The third-order valence-corrected chi connectivity index (χ3v) is 3.46. The molecule has 1 atom stereocenters. The van der Waals surface area contributed by atoms with Gasteiger partial charge in [0.1, 0.15) is 0 Å². The highest BCUT2D eigenvalue weighted by molar-refractivity contribution is 7.13. The van der Waals surface area contributed by atoms with Crippen molar-refractivity contribution in [1.29, 1.82) is 0 Å². The Labute approximate surface area is 118 Å². The van der Waals surface area contributed by atoms with Crippen molar-refractivity contribution in [3.63, 3.8) is 0 Å². The van der Waals surface area contributed by atoms with Crippen LogP contribution in [0, 0.1) is 5.92 Å². The summed E-state index contributed by atoms with van der Waals surface area (Å²) in [6, 6.07) is 0.214. The molecule has 0 amide bonds. The molecular formula is C13H22N2O3S. The van der Waals surface area contributed by atoms with Gasteiger partial charge in [0, 0.05) is 12.5 Å². The van der Waals surface area contributed by atoms with E-state index in [9.17, 15) is 4.79 Å². The number of aromatic nitrogens is 1. The van der Waals surface area contributed by atoms with Gasteiger partial charge in [-0.05, 0) is 12.8 Å². The first kappa shape index (κ1) is 15.9. The van der Waals surface area contributed by atoms with Crippen LogP contribution in [-0.4, -0.2) is 37.3 Å². The minimum Gasteiger partial charge on any atom is -0.466 e. The Morgan fingerprint density at radius 3 is 2.84 bits per heavy atom. The number of nitrogens with one attached hydrogen (secondary N) is 1. The minimum absolute atomic E-state index is 0.214. The number of ether oxygens (including phenoxy) is 2. The van der Waals surface area contributed by atoms with Crippen LogP contribution in [0.4, 0.5) is 5.13 Å². The monoisotopic (exact) mass is 286 g/mol. The molecule has 1 unspecified atom stereocenters. The zero-order chi connectivity index (χ0) is 14.3. The molecule has 0 spiro atoms. The number of thiazole rings is 1. The molecule has 5 nitrogen and oxygen atoms in total.